The Kier molecular flexibility index (Phi) is 11.2. The van der Waals surface area contributed by atoms with E-state index in [1.54, 1.807) is 48.5 Å². The van der Waals surface area contributed by atoms with E-state index >= 15 is 0 Å². The van der Waals surface area contributed by atoms with Gasteiger partial charge in [-0.15, -0.1) is 0 Å². The molecule has 0 aliphatic carbocycles. The van der Waals surface area contributed by atoms with Crippen molar-refractivity contribution in [1.82, 2.24) is 10.2 Å². The Morgan fingerprint density at radius 2 is 1.33 bits per heavy atom. The summed E-state index contributed by atoms with van der Waals surface area (Å²) in [6, 6.07) is 27.2. The predicted molar refractivity (Wildman–Crippen MR) is 181 cm³/mol. The van der Waals surface area contributed by atoms with Gasteiger partial charge in [0.1, 0.15) is 12.6 Å². The lowest BCUT2D eigenvalue weighted by molar-refractivity contribution is -0.140. The number of amides is 2. The molecule has 4 rings (SSSR count). The van der Waals surface area contributed by atoms with Crippen LogP contribution in [0.2, 0.25) is 15.1 Å². The van der Waals surface area contributed by atoms with Crippen molar-refractivity contribution in [3.63, 3.8) is 0 Å². The normalized spacial score (nSPS) is 12.3. The number of hydrogen-bond acceptors (Lipinski definition) is 4. The fraction of sp³-hybridized carbons (Fsp3) is 0.235. The highest BCUT2D eigenvalue weighted by Crippen LogP contribution is 2.29. The van der Waals surface area contributed by atoms with Gasteiger partial charge in [0.15, 0.2) is 0 Å². The van der Waals surface area contributed by atoms with Crippen molar-refractivity contribution in [1.29, 1.82) is 0 Å². The van der Waals surface area contributed by atoms with Crippen LogP contribution >= 0.6 is 34.8 Å². The van der Waals surface area contributed by atoms with Crippen LogP contribution in [0, 0.1) is 0 Å². The van der Waals surface area contributed by atoms with Crippen LogP contribution in [0.1, 0.15) is 31.9 Å². The number of para-hydroxylation sites is 1. The third-order valence-electron chi connectivity index (χ3n) is 6.88. The van der Waals surface area contributed by atoms with Gasteiger partial charge in [-0.3, -0.25) is 13.9 Å². The number of sulfonamides is 1. The van der Waals surface area contributed by atoms with Gasteiger partial charge in [-0.1, -0.05) is 89.4 Å². The van der Waals surface area contributed by atoms with Crippen LogP contribution in [0.3, 0.4) is 0 Å². The molecule has 0 aromatic heterocycles. The molecular formula is C34H34Cl3N3O4S. The van der Waals surface area contributed by atoms with Crippen molar-refractivity contribution in [2.75, 3.05) is 10.8 Å². The number of nitrogens with zero attached hydrogens (tertiary/aromatic N) is 2. The monoisotopic (exact) mass is 685 g/mol. The largest absolute Gasteiger partial charge is 0.350 e. The molecule has 11 heteroatoms. The maximum Gasteiger partial charge on any atom is 0.264 e. The summed E-state index contributed by atoms with van der Waals surface area (Å²) in [6.45, 7) is 4.79. The van der Waals surface area contributed by atoms with E-state index in [2.05, 4.69) is 5.32 Å². The van der Waals surface area contributed by atoms with Gasteiger partial charge < -0.3 is 10.2 Å². The van der Waals surface area contributed by atoms with Crippen LogP contribution in [-0.4, -0.2) is 43.3 Å². The third-order valence-corrected chi connectivity index (χ3v) is 9.63. The molecule has 236 valence electrons. The number of benzene rings is 4. The molecule has 0 fully saturated rings. The summed E-state index contributed by atoms with van der Waals surface area (Å²) in [5.41, 5.74) is 0.901. The van der Waals surface area contributed by atoms with E-state index < -0.39 is 40.0 Å². The first kappa shape index (κ1) is 34.3. The Bertz CT molecular complexity index is 1710. The molecular weight excluding hydrogens is 653 g/mol. The van der Waals surface area contributed by atoms with Crippen LogP contribution in [-0.2, 0) is 32.6 Å². The molecule has 4 aromatic carbocycles. The smallest absolute Gasteiger partial charge is 0.264 e. The Labute approximate surface area is 279 Å². The molecule has 0 bridgehead atoms. The fourth-order valence-corrected chi connectivity index (χ4v) is 6.77. The molecule has 7 nitrogen and oxygen atoms in total. The minimum Gasteiger partial charge on any atom is -0.350 e. The topological polar surface area (TPSA) is 86.8 Å². The van der Waals surface area contributed by atoms with Crippen molar-refractivity contribution in [3.8, 4) is 0 Å². The molecule has 1 N–H and O–H groups in total. The van der Waals surface area contributed by atoms with Gasteiger partial charge in [0.05, 0.1) is 10.6 Å². The van der Waals surface area contributed by atoms with Crippen LogP contribution in [0.5, 0.6) is 0 Å². The lowest BCUT2D eigenvalue weighted by Gasteiger charge is -2.35. The van der Waals surface area contributed by atoms with E-state index in [9.17, 15) is 18.0 Å². The minimum atomic E-state index is -4.25. The molecule has 45 heavy (non-hydrogen) atoms. The molecule has 2 amide bonds. The van der Waals surface area contributed by atoms with E-state index in [0.29, 0.717) is 20.6 Å². The number of carbonyl (C=O) groups is 2. The highest BCUT2D eigenvalue weighted by molar-refractivity contribution is 7.92. The lowest BCUT2D eigenvalue weighted by atomic mass is 10.0. The summed E-state index contributed by atoms with van der Waals surface area (Å²) in [5.74, 6) is -1.04. The maximum atomic E-state index is 14.5. The number of hydrogen-bond donors (Lipinski definition) is 1. The molecule has 0 heterocycles. The molecule has 1 atom stereocenters. The van der Waals surface area contributed by atoms with Crippen molar-refractivity contribution < 1.29 is 18.0 Å². The zero-order chi connectivity index (χ0) is 32.8. The van der Waals surface area contributed by atoms with Crippen molar-refractivity contribution in [3.05, 3.63) is 129 Å². The van der Waals surface area contributed by atoms with Gasteiger partial charge in [-0.05, 0) is 74.9 Å². The molecule has 0 saturated carbocycles. The average molecular weight is 687 g/mol. The predicted octanol–water partition coefficient (Wildman–Crippen LogP) is 7.40. The van der Waals surface area contributed by atoms with E-state index in [4.69, 9.17) is 34.8 Å². The highest BCUT2D eigenvalue weighted by atomic mass is 35.5. The van der Waals surface area contributed by atoms with Gasteiger partial charge in [-0.2, -0.15) is 0 Å². The summed E-state index contributed by atoms with van der Waals surface area (Å²) in [5, 5.41) is 3.98. The van der Waals surface area contributed by atoms with Crippen molar-refractivity contribution in [2.45, 2.75) is 50.2 Å². The SMILES string of the molecule is CC(C)(C)NC(=O)C(Cc1ccccc1)N(Cc1c(Cl)cccc1Cl)C(=O)CN(c1ccccc1)S(=O)(=O)c1ccc(Cl)cc1. The fourth-order valence-electron chi connectivity index (χ4n) is 4.72. The number of carbonyl (C=O) groups excluding carboxylic acids is 2. The molecule has 0 saturated heterocycles. The van der Waals surface area contributed by atoms with E-state index in [-0.39, 0.29) is 23.5 Å². The van der Waals surface area contributed by atoms with Gasteiger partial charge in [0.2, 0.25) is 11.8 Å². The van der Waals surface area contributed by atoms with Crippen molar-refractivity contribution >= 4 is 62.3 Å². The van der Waals surface area contributed by atoms with E-state index in [1.165, 1.54) is 29.2 Å². The second kappa shape index (κ2) is 14.7. The summed E-state index contributed by atoms with van der Waals surface area (Å²) >= 11 is 19.1. The first-order chi connectivity index (χ1) is 21.3. The quantitative estimate of drug-likeness (QED) is 0.178. The zero-order valence-corrected chi connectivity index (χ0v) is 28.2. The van der Waals surface area contributed by atoms with Crippen LogP contribution < -0.4 is 9.62 Å². The second-order valence-corrected chi connectivity index (χ2v) is 14.6. The summed E-state index contributed by atoms with van der Waals surface area (Å²) in [4.78, 5) is 29.8. The van der Waals surface area contributed by atoms with Gasteiger partial charge >= 0.3 is 0 Å². The van der Waals surface area contributed by atoms with Crippen LogP contribution in [0.15, 0.2) is 108 Å². The Morgan fingerprint density at radius 1 is 0.778 bits per heavy atom. The molecule has 0 aliphatic rings. The summed E-state index contributed by atoms with van der Waals surface area (Å²) < 4.78 is 29.1. The van der Waals surface area contributed by atoms with E-state index in [1.807, 2.05) is 51.1 Å². The number of nitrogens with one attached hydrogen (secondary N) is 1. The third kappa shape index (κ3) is 9.01. The van der Waals surface area contributed by atoms with E-state index in [0.717, 1.165) is 9.87 Å². The summed E-state index contributed by atoms with van der Waals surface area (Å²) in [7, 11) is -4.25. The first-order valence-corrected chi connectivity index (χ1v) is 16.8. The second-order valence-electron chi connectivity index (χ2n) is 11.5. The zero-order valence-electron chi connectivity index (χ0n) is 25.1. The molecule has 0 radical (unpaired) electrons. The highest BCUT2D eigenvalue weighted by Gasteiger charge is 2.36. The standard InChI is InChI=1S/C34H34Cl3N3O4S/c1-34(2,3)38-33(42)31(21-24-11-6-4-7-12-24)39(22-28-29(36)15-10-16-30(28)37)32(41)23-40(26-13-8-5-9-14-26)45(43,44)27-19-17-25(35)18-20-27/h4-20,31H,21-23H2,1-3H3,(H,38,42). The molecule has 4 aromatic rings. The Morgan fingerprint density at radius 3 is 1.89 bits per heavy atom. The molecule has 0 spiro atoms. The maximum absolute atomic E-state index is 14.5. The summed E-state index contributed by atoms with van der Waals surface area (Å²) in [6.07, 6.45) is 0.159. The van der Waals surface area contributed by atoms with Gasteiger partial charge in [-0.25, -0.2) is 8.42 Å². The lowest BCUT2D eigenvalue weighted by Crippen LogP contribution is -2.56. The Balaban J connectivity index is 1.83. The Hall–Kier alpha value is -3.56. The first-order valence-electron chi connectivity index (χ1n) is 14.2. The molecule has 0 aliphatic heterocycles. The number of rotatable bonds is 11. The van der Waals surface area contributed by atoms with Crippen molar-refractivity contribution in [2.24, 2.45) is 0 Å². The van der Waals surface area contributed by atoms with Gasteiger partial charge in [0.25, 0.3) is 10.0 Å². The van der Waals surface area contributed by atoms with Crippen LogP contribution in [0.25, 0.3) is 0 Å². The number of halogens is 3. The number of anilines is 1. The van der Waals surface area contributed by atoms with Gasteiger partial charge in [0, 0.05) is 39.1 Å². The van der Waals surface area contributed by atoms with Crippen LogP contribution in [0.4, 0.5) is 5.69 Å². The average Bonchev–Trinajstić information content (AvgIpc) is 2.99. The molecule has 1 unspecified atom stereocenters. The minimum absolute atomic E-state index is 0.0458.